The van der Waals surface area contributed by atoms with Gasteiger partial charge in [-0.25, -0.2) is 14.8 Å². The molecule has 1 aromatic rings. The predicted octanol–water partition coefficient (Wildman–Crippen LogP) is 0.295. The summed E-state index contributed by atoms with van der Waals surface area (Å²) < 4.78 is 0. The van der Waals surface area contributed by atoms with E-state index in [0.717, 1.165) is 12.7 Å². The van der Waals surface area contributed by atoms with Gasteiger partial charge in [0, 0.05) is 6.20 Å². The van der Waals surface area contributed by atoms with Crippen LogP contribution in [0.15, 0.2) is 17.3 Å². The molecule has 1 saturated carbocycles. The Labute approximate surface area is 87.3 Å². The van der Waals surface area contributed by atoms with Crippen molar-refractivity contribution in [1.82, 2.24) is 4.98 Å². The number of aromatic carboxylic acids is 1. The van der Waals surface area contributed by atoms with E-state index in [1.807, 2.05) is 0 Å². The predicted molar refractivity (Wildman–Crippen MR) is 57.8 cm³/mol. The van der Waals surface area contributed by atoms with E-state index in [1.54, 1.807) is 6.07 Å². The van der Waals surface area contributed by atoms with Crippen molar-refractivity contribution in [1.29, 1.82) is 0 Å². The van der Waals surface area contributed by atoms with Crippen LogP contribution in [0.1, 0.15) is 23.2 Å². The average molecular weight is 200 g/mol. The van der Waals surface area contributed by atoms with Crippen molar-refractivity contribution in [2.75, 3.05) is 0 Å². The number of carboxylic acid groups (broad SMARTS) is 1. The maximum atomic E-state index is 10.8. The van der Waals surface area contributed by atoms with Crippen molar-refractivity contribution in [2.45, 2.75) is 12.8 Å². The highest BCUT2D eigenvalue weighted by Crippen LogP contribution is 2.32. The first-order chi connectivity index (χ1) is 7.24. The van der Waals surface area contributed by atoms with Gasteiger partial charge in [0.1, 0.15) is 5.82 Å². The molecule has 0 unspecified atom stereocenters. The number of rotatable bonds is 2. The standard InChI is InChI=1S/C10H9BN2O2/c14-10(15)6-3-7-9(12-4-6)13-8(11-7)5-1-2-5/h3-5,11H,1-2H2,(H,14,15). The first-order valence-electron chi connectivity index (χ1n) is 5.04. The highest BCUT2D eigenvalue weighted by molar-refractivity contribution is 6.88. The number of carbonyl (C=O) groups is 1. The number of aromatic nitrogens is 1. The second kappa shape index (κ2) is 2.92. The number of pyridine rings is 1. The van der Waals surface area contributed by atoms with Gasteiger partial charge >= 0.3 is 5.97 Å². The quantitative estimate of drug-likeness (QED) is 0.698. The number of nitrogens with zero attached hydrogens (tertiary/aromatic N) is 2. The van der Waals surface area contributed by atoms with Gasteiger partial charge in [0.05, 0.1) is 5.56 Å². The maximum absolute atomic E-state index is 10.8. The van der Waals surface area contributed by atoms with E-state index in [-0.39, 0.29) is 5.56 Å². The minimum Gasteiger partial charge on any atom is -0.478 e. The molecule has 0 amide bonds. The lowest BCUT2D eigenvalue weighted by Gasteiger charge is -1.97. The Morgan fingerprint density at radius 1 is 1.53 bits per heavy atom. The zero-order valence-corrected chi connectivity index (χ0v) is 8.10. The summed E-state index contributed by atoms with van der Waals surface area (Å²) in [7, 11) is 0.786. The minimum absolute atomic E-state index is 0.251. The summed E-state index contributed by atoms with van der Waals surface area (Å²) in [5.41, 5.74) is 2.39. The lowest BCUT2D eigenvalue weighted by atomic mass is 9.66. The summed E-state index contributed by atoms with van der Waals surface area (Å²) >= 11 is 0. The van der Waals surface area contributed by atoms with E-state index in [4.69, 9.17) is 5.11 Å². The molecule has 0 spiro atoms. The van der Waals surface area contributed by atoms with Crippen molar-refractivity contribution in [3.05, 3.63) is 17.8 Å². The molecule has 0 atom stereocenters. The SMILES string of the molecule is O=C(O)c1cnc2c(c1)BC(C1CC1)=N2. The molecule has 1 aromatic heterocycles. The van der Waals surface area contributed by atoms with Crippen LogP contribution >= 0.6 is 0 Å². The Morgan fingerprint density at radius 2 is 2.33 bits per heavy atom. The van der Waals surface area contributed by atoms with E-state index in [9.17, 15) is 4.79 Å². The van der Waals surface area contributed by atoms with Gasteiger partial charge in [-0.05, 0) is 35.9 Å². The van der Waals surface area contributed by atoms with E-state index in [1.165, 1.54) is 24.6 Å². The van der Waals surface area contributed by atoms with Crippen LogP contribution in [0.2, 0.25) is 0 Å². The van der Waals surface area contributed by atoms with E-state index < -0.39 is 5.97 Å². The van der Waals surface area contributed by atoms with Crippen LogP contribution in [-0.2, 0) is 0 Å². The summed E-state index contributed by atoms with van der Waals surface area (Å²) in [6, 6.07) is 1.68. The molecule has 0 bridgehead atoms. The van der Waals surface area contributed by atoms with Gasteiger partial charge < -0.3 is 5.11 Å². The number of carboxylic acids is 1. The van der Waals surface area contributed by atoms with Crippen LogP contribution in [0.25, 0.3) is 0 Å². The molecule has 74 valence electrons. The van der Waals surface area contributed by atoms with Gasteiger partial charge in [0.2, 0.25) is 7.28 Å². The fourth-order valence-corrected chi connectivity index (χ4v) is 1.87. The molecule has 15 heavy (non-hydrogen) atoms. The van der Waals surface area contributed by atoms with Gasteiger partial charge in [-0.3, -0.25) is 0 Å². The van der Waals surface area contributed by atoms with Gasteiger partial charge in [0.25, 0.3) is 0 Å². The number of hydrogen-bond donors (Lipinski definition) is 1. The molecule has 0 radical (unpaired) electrons. The number of hydrogen-bond acceptors (Lipinski definition) is 3. The first-order valence-corrected chi connectivity index (χ1v) is 5.04. The summed E-state index contributed by atoms with van der Waals surface area (Å²) in [5.74, 6) is 0.416. The maximum Gasteiger partial charge on any atom is 0.337 e. The Bertz CT molecular complexity index is 480. The minimum atomic E-state index is -0.926. The van der Waals surface area contributed by atoms with Gasteiger partial charge in [0.15, 0.2) is 0 Å². The molecule has 1 aliphatic carbocycles. The lowest BCUT2D eigenvalue weighted by molar-refractivity contribution is 0.0696. The molecule has 2 heterocycles. The zero-order chi connectivity index (χ0) is 10.4. The molecule has 1 N–H and O–H groups in total. The highest BCUT2D eigenvalue weighted by atomic mass is 16.4. The molecule has 3 rings (SSSR count). The molecule has 5 heteroatoms. The smallest absolute Gasteiger partial charge is 0.337 e. The van der Waals surface area contributed by atoms with Crippen LogP contribution in [0.3, 0.4) is 0 Å². The topological polar surface area (TPSA) is 62.5 Å². The number of fused-ring (bicyclic) bond motifs is 1. The molecule has 2 aliphatic rings. The van der Waals surface area contributed by atoms with Crippen LogP contribution in [-0.4, -0.2) is 29.0 Å². The Hall–Kier alpha value is -1.65. The molecule has 0 saturated heterocycles. The molecule has 1 aliphatic heterocycles. The lowest BCUT2D eigenvalue weighted by Crippen LogP contribution is -2.20. The highest BCUT2D eigenvalue weighted by Gasteiger charge is 2.32. The molecular formula is C10H9BN2O2. The second-order valence-electron chi connectivity index (χ2n) is 4.07. The fraction of sp³-hybridized carbons (Fsp3) is 0.300. The van der Waals surface area contributed by atoms with Crippen LogP contribution in [0, 0.1) is 5.92 Å². The Morgan fingerprint density at radius 3 is 3.00 bits per heavy atom. The van der Waals surface area contributed by atoms with Crippen LogP contribution in [0.5, 0.6) is 0 Å². The van der Waals surface area contributed by atoms with E-state index >= 15 is 0 Å². The molecule has 1 fully saturated rings. The van der Waals surface area contributed by atoms with E-state index in [2.05, 4.69) is 9.98 Å². The zero-order valence-electron chi connectivity index (χ0n) is 8.10. The third-order valence-corrected chi connectivity index (χ3v) is 2.86. The average Bonchev–Trinajstić information content (AvgIpc) is 2.97. The van der Waals surface area contributed by atoms with Crippen molar-refractivity contribution >= 4 is 30.1 Å². The van der Waals surface area contributed by atoms with Crippen molar-refractivity contribution in [2.24, 2.45) is 10.9 Å². The largest absolute Gasteiger partial charge is 0.478 e. The third kappa shape index (κ3) is 1.44. The van der Waals surface area contributed by atoms with Crippen molar-refractivity contribution < 1.29 is 9.90 Å². The van der Waals surface area contributed by atoms with E-state index in [0.29, 0.717) is 11.7 Å². The first kappa shape index (κ1) is 8.65. The summed E-state index contributed by atoms with van der Waals surface area (Å²) in [6.45, 7) is 0. The van der Waals surface area contributed by atoms with Crippen molar-refractivity contribution in [3.8, 4) is 0 Å². The van der Waals surface area contributed by atoms with Crippen molar-refractivity contribution in [3.63, 3.8) is 0 Å². The van der Waals surface area contributed by atoms with Crippen LogP contribution in [0.4, 0.5) is 5.82 Å². The molecule has 0 aromatic carbocycles. The monoisotopic (exact) mass is 200 g/mol. The van der Waals surface area contributed by atoms with Crippen LogP contribution < -0.4 is 5.46 Å². The second-order valence-corrected chi connectivity index (χ2v) is 4.07. The molecule has 4 nitrogen and oxygen atoms in total. The summed E-state index contributed by atoms with van der Waals surface area (Å²) in [6.07, 6.45) is 3.82. The number of aliphatic imine (C=N–C) groups is 1. The van der Waals surface area contributed by atoms with Gasteiger partial charge in [-0.2, -0.15) is 0 Å². The van der Waals surface area contributed by atoms with Gasteiger partial charge in [-0.15, -0.1) is 0 Å². The van der Waals surface area contributed by atoms with Gasteiger partial charge in [-0.1, -0.05) is 0 Å². The molecular weight excluding hydrogens is 191 g/mol. The summed E-state index contributed by atoms with van der Waals surface area (Å²) in [4.78, 5) is 19.3. The fourth-order valence-electron chi connectivity index (χ4n) is 1.87. The summed E-state index contributed by atoms with van der Waals surface area (Å²) in [5, 5.41) is 8.83. The Balaban J connectivity index is 1.95. The Kier molecular flexibility index (Phi) is 1.68. The third-order valence-electron chi connectivity index (χ3n) is 2.86. The normalized spacial score (nSPS) is 18.0.